The van der Waals surface area contributed by atoms with Gasteiger partial charge in [0.1, 0.15) is 0 Å². The fourth-order valence-electron chi connectivity index (χ4n) is 4.55. The van der Waals surface area contributed by atoms with Crippen LogP contribution in [0.3, 0.4) is 0 Å². The molecule has 4 unspecified atom stereocenters. The fourth-order valence-corrected chi connectivity index (χ4v) is 4.55. The average Bonchev–Trinajstić information content (AvgIpc) is 2.57. The molecule has 0 aromatic carbocycles. The maximum Gasteiger partial charge on any atom is 0.0866 e. The van der Waals surface area contributed by atoms with Crippen LogP contribution in [0.1, 0.15) is 66.2 Å². The minimum absolute atomic E-state index is 0.892. The minimum atomic E-state index is 0.892. The van der Waals surface area contributed by atoms with Crippen molar-refractivity contribution in [3.05, 3.63) is 0 Å². The summed E-state index contributed by atoms with van der Waals surface area (Å²) in [7, 11) is 0. The Bertz CT molecular complexity index is 222. The van der Waals surface area contributed by atoms with Gasteiger partial charge in [-0.15, -0.1) is 0 Å². The van der Waals surface area contributed by atoms with Crippen molar-refractivity contribution in [3.63, 3.8) is 0 Å². The number of hydrogen-bond donors (Lipinski definition) is 0. The first-order valence-corrected chi connectivity index (χ1v) is 7.92. The zero-order valence-electron chi connectivity index (χ0n) is 12.4. The van der Waals surface area contributed by atoms with Crippen LogP contribution in [0.15, 0.2) is 0 Å². The third kappa shape index (κ3) is 2.54. The van der Waals surface area contributed by atoms with Crippen LogP contribution in [0.4, 0.5) is 0 Å². The Hall–Kier alpha value is -0.0400. The fraction of sp³-hybridized carbons (Fsp3) is 1.00. The lowest BCUT2D eigenvalue weighted by atomic mass is 9.89. The Balaban J connectivity index is 2.22. The summed E-state index contributed by atoms with van der Waals surface area (Å²) < 4.78 is 1.45. The zero-order valence-corrected chi connectivity index (χ0v) is 12.4. The summed E-state index contributed by atoms with van der Waals surface area (Å²) in [6, 6.07) is 1.78. The van der Waals surface area contributed by atoms with Crippen LogP contribution in [-0.2, 0) is 0 Å². The molecule has 17 heavy (non-hydrogen) atoms. The van der Waals surface area contributed by atoms with Crippen molar-refractivity contribution >= 4 is 0 Å². The van der Waals surface area contributed by atoms with Gasteiger partial charge in [-0.1, -0.05) is 13.8 Å². The van der Waals surface area contributed by atoms with Crippen molar-refractivity contribution in [1.82, 2.24) is 0 Å². The molecule has 0 aromatic heterocycles. The molecule has 0 bridgehead atoms. The van der Waals surface area contributed by atoms with Gasteiger partial charge in [0.15, 0.2) is 0 Å². The SMILES string of the molecule is CC1CC(C)[N+]2(CCCCCC2)C(C)CC1C. The molecule has 2 saturated heterocycles. The van der Waals surface area contributed by atoms with E-state index >= 15 is 0 Å². The second-order valence-corrected chi connectivity index (χ2v) is 7.09. The Morgan fingerprint density at radius 2 is 1.06 bits per heavy atom. The smallest absolute Gasteiger partial charge is 0.0866 e. The lowest BCUT2D eigenvalue weighted by Gasteiger charge is -2.47. The number of nitrogens with zero attached hydrogens (tertiary/aromatic N) is 1. The van der Waals surface area contributed by atoms with Crippen LogP contribution < -0.4 is 0 Å². The molecule has 1 spiro atoms. The Kier molecular flexibility index (Phi) is 4.18. The van der Waals surface area contributed by atoms with E-state index < -0.39 is 0 Å². The van der Waals surface area contributed by atoms with Gasteiger partial charge in [0.25, 0.3) is 0 Å². The highest BCUT2D eigenvalue weighted by Crippen LogP contribution is 2.38. The number of hydrogen-bond acceptors (Lipinski definition) is 0. The molecule has 1 heteroatoms. The van der Waals surface area contributed by atoms with E-state index in [1.165, 1.54) is 56.1 Å². The van der Waals surface area contributed by atoms with Gasteiger partial charge in [-0.2, -0.15) is 0 Å². The lowest BCUT2D eigenvalue weighted by Crippen LogP contribution is -2.59. The number of quaternary nitrogens is 1. The summed E-state index contributed by atoms with van der Waals surface area (Å²) in [6.45, 7) is 13.0. The minimum Gasteiger partial charge on any atom is -0.319 e. The van der Waals surface area contributed by atoms with E-state index in [2.05, 4.69) is 27.7 Å². The average molecular weight is 238 g/mol. The summed E-state index contributed by atoms with van der Waals surface area (Å²) in [5, 5.41) is 0. The van der Waals surface area contributed by atoms with Crippen molar-refractivity contribution in [3.8, 4) is 0 Å². The summed E-state index contributed by atoms with van der Waals surface area (Å²) >= 11 is 0. The van der Waals surface area contributed by atoms with Gasteiger partial charge in [-0.05, 0) is 51.4 Å². The second-order valence-electron chi connectivity index (χ2n) is 7.09. The molecule has 0 aliphatic carbocycles. The summed E-state index contributed by atoms with van der Waals surface area (Å²) in [5.41, 5.74) is 0. The van der Waals surface area contributed by atoms with Gasteiger partial charge < -0.3 is 4.48 Å². The quantitative estimate of drug-likeness (QED) is 0.554. The predicted molar refractivity (Wildman–Crippen MR) is 74.9 cm³/mol. The van der Waals surface area contributed by atoms with Crippen LogP contribution >= 0.6 is 0 Å². The van der Waals surface area contributed by atoms with Crippen LogP contribution in [0.5, 0.6) is 0 Å². The summed E-state index contributed by atoms with van der Waals surface area (Å²) in [6.07, 6.45) is 8.79. The van der Waals surface area contributed by atoms with E-state index in [1.54, 1.807) is 0 Å². The molecule has 2 aliphatic heterocycles. The third-order valence-corrected chi connectivity index (χ3v) is 6.05. The molecule has 2 fully saturated rings. The predicted octanol–water partition coefficient (Wildman–Crippen LogP) is 4.22. The Morgan fingerprint density at radius 1 is 0.647 bits per heavy atom. The van der Waals surface area contributed by atoms with E-state index in [0.717, 1.165) is 23.9 Å². The van der Waals surface area contributed by atoms with Crippen molar-refractivity contribution in [2.75, 3.05) is 13.1 Å². The van der Waals surface area contributed by atoms with Gasteiger partial charge in [0.05, 0.1) is 25.2 Å². The van der Waals surface area contributed by atoms with Crippen LogP contribution in [0.25, 0.3) is 0 Å². The van der Waals surface area contributed by atoms with E-state index in [4.69, 9.17) is 0 Å². The molecule has 0 radical (unpaired) electrons. The van der Waals surface area contributed by atoms with Crippen LogP contribution in [-0.4, -0.2) is 29.7 Å². The van der Waals surface area contributed by atoms with Gasteiger partial charge in [0, 0.05) is 12.8 Å². The monoisotopic (exact) mass is 238 g/mol. The molecule has 4 atom stereocenters. The molecule has 2 aliphatic rings. The molecule has 2 rings (SSSR count). The first-order chi connectivity index (χ1) is 8.06. The molecule has 0 N–H and O–H groups in total. The molecule has 1 nitrogen and oxygen atoms in total. The van der Waals surface area contributed by atoms with Crippen LogP contribution in [0, 0.1) is 11.8 Å². The van der Waals surface area contributed by atoms with Gasteiger partial charge in [-0.25, -0.2) is 0 Å². The normalized spacial score (nSPS) is 43.1. The molecule has 0 saturated carbocycles. The maximum atomic E-state index is 2.54. The van der Waals surface area contributed by atoms with E-state index in [-0.39, 0.29) is 0 Å². The van der Waals surface area contributed by atoms with Gasteiger partial charge in [-0.3, -0.25) is 0 Å². The topological polar surface area (TPSA) is 0 Å². The largest absolute Gasteiger partial charge is 0.319 e. The standard InChI is InChI=1S/C16H32N/c1-13-11-15(3)17(16(4)12-14(13)2)9-7-5-6-8-10-17/h13-16H,5-12H2,1-4H3/q+1. The number of rotatable bonds is 0. The molecule has 0 aromatic rings. The molecule has 0 amide bonds. The maximum absolute atomic E-state index is 2.54. The first-order valence-electron chi connectivity index (χ1n) is 7.92. The Morgan fingerprint density at radius 3 is 1.47 bits per heavy atom. The van der Waals surface area contributed by atoms with Crippen molar-refractivity contribution < 1.29 is 4.48 Å². The third-order valence-electron chi connectivity index (χ3n) is 6.05. The highest BCUT2D eigenvalue weighted by Gasteiger charge is 2.43. The van der Waals surface area contributed by atoms with E-state index in [0.29, 0.717) is 0 Å². The van der Waals surface area contributed by atoms with Gasteiger partial charge in [0.2, 0.25) is 0 Å². The first kappa shape index (κ1) is 13.4. The van der Waals surface area contributed by atoms with Gasteiger partial charge >= 0.3 is 0 Å². The molecular formula is C16H32N+. The second kappa shape index (κ2) is 5.30. The summed E-state index contributed by atoms with van der Waals surface area (Å²) in [4.78, 5) is 0. The molecule has 2 heterocycles. The van der Waals surface area contributed by atoms with Crippen molar-refractivity contribution in [2.24, 2.45) is 11.8 Å². The Labute approximate surface area is 108 Å². The van der Waals surface area contributed by atoms with E-state index in [1.807, 2.05) is 0 Å². The van der Waals surface area contributed by atoms with Crippen molar-refractivity contribution in [2.45, 2.75) is 78.3 Å². The lowest BCUT2D eigenvalue weighted by molar-refractivity contribution is -0.969. The summed E-state index contributed by atoms with van der Waals surface area (Å²) in [5.74, 6) is 1.85. The van der Waals surface area contributed by atoms with Crippen LogP contribution in [0.2, 0.25) is 0 Å². The molecular weight excluding hydrogens is 206 g/mol. The highest BCUT2D eigenvalue weighted by molar-refractivity contribution is 4.76. The highest BCUT2D eigenvalue weighted by atomic mass is 15.4. The van der Waals surface area contributed by atoms with Crippen molar-refractivity contribution in [1.29, 1.82) is 0 Å². The molecule has 100 valence electrons. The zero-order chi connectivity index (χ0) is 12.5. The van der Waals surface area contributed by atoms with E-state index in [9.17, 15) is 0 Å².